The van der Waals surface area contributed by atoms with Gasteiger partial charge in [0.1, 0.15) is 5.82 Å². The fourth-order valence-electron chi connectivity index (χ4n) is 3.48. The molecule has 1 aliphatic rings. The van der Waals surface area contributed by atoms with Gasteiger partial charge in [0.05, 0.1) is 4.90 Å². The lowest BCUT2D eigenvalue weighted by atomic mass is 9.93. The van der Waals surface area contributed by atoms with Crippen LogP contribution in [0.15, 0.2) is 53.4 Å². The number of nitrogens with zero attached hydrogens (tertiary/aromatic N) is 1. The second-order valence-corrected chi connectivity index (χ2v) is 9.20. The summed E-state index contributed by atoms with van der Waals surface area (Å²) in [4.78, 5) is 12.3. The molecule has 0 atom stereocenters. The van der Waals surface area contributed by atoms with Gasteiger partial charge in [0.2, 0.25) is 15.9 Å². The molecule has 3 rings (SSSR count). The van der Waals surface area contributed by atoms with E-state index in [0.717, 1.165) is 42.6 Å². The van der Waals surface area contributed by atoms with E-state index < -0.39 is 15.8 Å². The highest BCUT2D eigenvalue weighted by atomic mass is 32.2. The Bertz CT molecular complexity index is 921. The highest BCUT2D eigenvalue weighted by Crippen LogP contribution is 2.26. The smallest absolute Gasteiger partial charge is 0.243 e. The number of halogens is 1. The van der Waals surface area contributed by atoms with Crippen molar-refractivity contribution in [3.8, 4) is 0 Å². The standard InChI is InChI=1S/C21H25FN2O3S/c1-16-3-2-4-19(15-16)23-21(25)10-5-17-11-13-24(14-12-17)28(26,27)20-8-6-18(22)7-9-20/h2-4,6-9,15,17H,5,10-14H2,1H3,(H,23,25). The summed E-state index contributed by atoms with van der Waals surface area (Å²) < 4.78 is 39.8. The quantitative estimate of drug-likeness (QED) is 0.793. The van der Waals surface area contributed by atoms with Crippen molar-refractivity contribution in [1.82, 2.24) is 4.31 Å². The molecule has 28 heavy (non-hydrogen) atoms. The summed E-state index contributed by atoms with van der Waals surface area (Å²) in [6.07, 6.45) is 2.60. The van der Waals surface area contributed by atoms with Crippen molar-refractivity contribution in [2.75, 3.05) is 18.4 Å². The number of sulfonamides is 1. The maximum absolute atomic E-state index is 13.0. The number of anilines is 1. The van der Waals surface area contributed by atoms with Gasteiger partial charge in [-0.25, -0.2) is 12.8 Å². The number of nitrogens with one attached hydrogen (secondary N) is 1. The molecule has 150 valence electrons. The van der Waals surface area contributed by atoms with Crippen LogP contribution in [0.4, 0.5) is 10.1 Å². The summed E-state index contributed by atoms with van der Waals surface area (Å²) in [6, 6.07) is 12.6. The van der Waals surface area contributed by atoms with Gasteiger partial charge in [-0.05, 0) is 74.1 Å². The Morgan fingerprint density at radius 2 is 1.82 bits per heavy atom. The van der Waals surface area contributed by atoms with E-state index in [1.54, 1.807) is 0 Å². The lowest BCUT2D eigenvalue weighted by molar-refractivity contribution is -0.116. The van der Waals surface area contributed by atoms with E-state index in [1.807, 2.05) is 31.2 Å². The molecule has 1 saturated heterocycles. The third kappa shape index (κ3) is 5.17. The van der Waals surface area contributed by atoms with E-state index >= 15 is 0 Å². The zero-order valence-electron chi connectivity index (χ0n) is 15.9. The number of amides is 1. The summed E-state index contributed by atoms with van der Waals surface area (Å²) in [6.45, 7) is 2.82. The minimum Gasteiger partial charge on any atom is -0.326 e. The molecule has 1 fully saturated rings. The van der Waals surface area contributed by atoms with Crippen molar-refractivity contribution >= 4 is 21.6 Å². The highest BCUT2D eigenvalue weighted by molar-refractivity contribution is 7.89. The second-order valence-electron chi connectivity index (χ2n) is 7.26. The lowest BCUT2D eigenvalue weighted by Gasteiger charge is -2.31. The van der Waals surface area contributed by atoms with Crippen molar-refractivity contribution in [3.63, 3.8) is 0 Å². The molecule has 1 amide bonds. The Hall–Kier alpha value is -2.25. The van der Waals surface area contributed by atoms with Crippen LogP contribution < -0.4 is 5.32 Å². The van der Waals surface area contributed by atoms with E-state index in [0.29, 0.717) is 25.4 Å². The molecule has 2 aromatic carbocycles. The minimum absolute atomic E-state index is 0.0213. The Labute approximate surface area is 165 Å². The van der Waals surface area contributed by atoms with Crippen LogP contribution in [0.2, 0.25) is 0 Å². The van der Waals surface area contributed by atoms with Crippen LogP contribution in [0.25, 0.3) is 0 Å². The Balaban J connectivity index is 1.47. The molecule has 1 heterocycles. The van der Waals surface area contributed by atoms with Gasteiger partial charge in [0.25, 0.3) is 0 Å². The number of hydrogen-bond acceptors (Lipinski definition) is 3. The third-order valence-corrected chi connectivity index (χ3v) is 7.02. The van der Waals surface area contributed by atoms with Crippen molar-refractivity contribution < 1.29 is 17.6 Å². The maximum atomic E-state index is 13.0. The summed E-state index contributed by atoms with van der Waals surface area (Å²) in [7, 11) is -3.59. The predicted molar refractivity (Wildman–Crippen MR) is 107 cm³/mol. The molecule has 2 aromatic rings. The third-order valence-electron chi connectivity index (χ3n) is 5.11. The van der Waals surface area contributed by atoms with E-state index in [2.05, 4.69) is 5.32 Å². The van der Waals surface area contributed by atoms with E-state index in [-0.39, 0.29) is 10.8 Å². The lowest BCUT2D eigenvalue weighted by Crippen LogP contribution is -2.38. The molecule has 0 saturated carbocycles. The number of aryl methyl sites for hydroxylation is 1. The van der Waals surface area contributed by atoms with Crippen LogP contribution in [0.3, 0.4) is 0 Å². The Morgan fingerprint density at radius 1 is 1.14 bits per heavy atom. The number of benzene rings is 2. The minimum atomic E-state index is -3.59. The molecule has 0 spiro atoms. The number of carbonyl (C=O) groups excluding carboxylic acids is 1. The zero-order chi connectivity index (χ0) is 20.1. The fourth-order valence-corrected chi connectivity index (χ4v) is 4.95. The average molecular weight is 405 g/mol. The molecule has 7 heteroatoms. The van der Waals surface area contributed by atoms with Gasteiger partial charge in [0, 0.05) is 25.2 Å². The summed E-state index contributed by atoms with van der Waals surface area (Å²) in [5.41, 5.74) is 1.89. The Morgan fingerprint density at radius 3 is 2.46 bits per heavy atom. The van der Waals surface area contributed by atoms with Gasteiger partial charge < -0.3 is 5.32 Å². The molecule has 0 bridgehead atoms. The first-order chi connectivity index (χ1) is 13.3. The first-order valence-corrected chi connectivity index (χ1v) is 10.9. The van der Waals surface area contributed by atoms with Crippen LogP contribution in [0.5, 0.6) is 0 Å². The molecule has 0 aromatic heterocycles. The molecule has 0 unspecified atom stereocenters. The molecule has 1 N–H and O–H groups in total. The van der Waals surface area contributed by atoms with E-state index in [1.165, 1.54) is 16.4 Å². The number of rotatable bonds is 6. The van der Waals surface area contributed by atoms with Crippen molar-refractivity contribution in [1.29, 1.82) is 0 Å². The van der Waals surface area contributed by atoms with Crippen molar-refractivity contribution in [2.45, 2.75) is 37.5 Å². The van der Waals surface area contributed by atoms with Crippen LogP contribution in [-0.4, -0.2) is 31.7 Å². The highest BCUT2D eigenvalue weighted by Gasteiger charge is 2.29. The van der Waals surface area contributed by atoms with Gasteiger partial charge in [-0.3, -0.25) is 4.79 Å². The predicted octanol–water partition coefficient (Wildman–Crippen LogP) is 3.95. The second kappa shape index (κ2) is 8.84. The van der Waals surface area contributed by atoms with Gasteiger partial charge in [-0.15, -0.1) is 0 Å². The number of carbonyl (C=O) groups is 1. The topological polar surface area (TPSA) is 66.5 Å². The van der Waals surface area contributed by atoms with E-state index in [9.17, 15) is 17.6 Å². The summed E-state index contributed by atoms with van der Waals surface area (Å²) in [5, 5.41) is 2.91. The van der Waals surface area contributed by atoms with Gasteiger partial charge in [-0.2, -0.15) is 4.31 Å². The van der Waals surface area contributed by atoms with Gasteiger partial charge in [0.15, 0.2) is 0 Å². The van der Waals surface area contributed by atoms with Gasteiger partial charge in [-0.1, -0.05) is 12.1 Å². The van der Waals surface area contributed by atoms with Gasteiger partial charge >= 0.3 is 0 Å². The SMILES string of the molecule is Cc1cccc(NC(=O)CCC2CCN(S(=O)(=O)c3ccc(F)cc3)CC2)c1. The number of hydrogen-bond donors (Lipinski definition) is 1. The molecular weight excluding hydrogens is 379 g/mol. The normalized spacial score (nSPS) is 16.1. The fraction of sp³-hybridized carbons (Fsp3) is 0.381. The molecule has 0 radical (unpaired) electrons. The largest absolute Gasteiger partial charge is 0.326 e. The van der Waals surface area contributed by atoms with Crippen molar-refractivity contribution in [3.05, 3.63) is 59.9 Å². The maximum Gasteiger partial charge on any atom is 0.243 e. The monoisotopic (exact) mass is 404 g/mol. The van der Waals surface area contributed by atoms with Crippen LogP contribution in [-0.2, 0) is 14.8 Å². The molecular formula is C21H25FN2O3S. The first kappa shape index (κ1) is 20.5. The zero-order valence-corrected chi connectivity index (χ0v) is 16.7. The van der Waals surface area contributed by atoms with Crippen molar-refractivity contribution in [2.24, 2.45) is 5.92 Å². The van der Waals surface area contributed by atoms with Crippen LogP contribution in [0.1, 0.15) is 31.2 Å². The molecule has 5 nitrogen and oxygen atoms in total. The first-order valence-electron chi connectivity index (χ1n) is 9.47. The van der Waals surface area contributed by atoms with Crippen LogP contribution in [0, 0.1) is 18.7 Å². The number of piperidine rings is 1. The van der Waals surface area contributed by atoms with E-state index in [4.69, 9.17) is 0 Å². The summed E-state index contributed by atoms with van der Waals surface area (Å²) >= 11 is 0. The Kier molecular flexibility index (Phi) is 6.46. The molecule has 0 aliphatic carbocycles. The molecule has 1 aliphatic heterocycles. The van der Waals surface area contributed by atoms with Crippen LogP contribution >= 0.6 is 0 Å². The summed E-state index contributed by atoms with van der Waals surface area (Å²) in [5.74, 6) is -0.156. The average Bonchev–Trinajstić information content (AvgIpc) is 2.67.